The first kappa shape index (κ1) is 17.8. The van der Waals surface area contributed by atoms with Crippen LogP contribution in [0.15, 0.2) is 35.7 Å². The van der Waals surface area contributed by atoms with Crippen LogP contribution >= 0.6 is 34.5 Å². The first-order chi connectivity index (χ1) is 10.9. The van der Waals surface area contributed by atoms with Crippen molar-refractivity contribution in [3.63, 3.8) is 0 Å². The number of rotatable bonds is 6. The third-order valence-electron chi connectivity index (χ3n) is 3.34. The van der Waals surface area contributed by atoms with Gasteiger partial charge in [0.2, 0.25) is 5.91 Å². The maximum atomic E-state index is 12.3. The number of thiophene rings is 1. The summed E-state index contributed by atoms with van der Waals surface area (Å²) in [6.07, 6.45) is 0.110. The minimum absolute atomic E-state index is 0.110. The van der Waals surface area contributed by atoms with Crippen LogP contribution in [-0.2, 0) is 16.0 Å². The van der Waals surface area contributed by atoms with Gasteiger partial charge in [0, 0.05) is 21.3 Å². The van der Waals surface area contributed by atoms with Crippen LogP contribution in [0.2, 0.25) is 10.0 Å². The molecule has 7 heteroatoms. The van der Waals surface area contributed by atoms with Crippen molar-refractivity contribution in [3.05, 3.63) is 56.2 Å². The Labute approximate surface area is 148 Å². The van der Waals surface area contributed by atoms with Gasteiger partial charge in [-0.15, -0.1) is 11.3 Å². The van der Waals surface area contributed by atoms with Crippen LogP contribution < -0.4 is 5.32 Å². The van der Waals surface area contributed by atoms with Crippen LogP contribution in [0.25, 0.3) is 0 Å². The van der Waals surface area contributed by atoms with Gasteiger partial charge in [0.15, 0.2) is 0 Å². The lowest BCUT2D eigenvalue weighted by atomic mass is 10.0. The quantitative estimate of drug-likeness (QED) is 0.806. The Morgan fingerprint density at radius 1 is 1.26 bits per heavy atom. The zero-order chi connectivity index (χ0) is 17.0. The maximum Gasteiger partial charge on any atom is 0.326 e. The lowest BCUT2D eigenvalue weighted by molar-refractivity contribution is -0.141. The Kier molecular flexibility index (Phi) is 6.04. The number of aliphatic carboxylic acids is 1. The van der Waals surface area contributed by atoms with Crippen molar-refractivity contribution in [1.29, 1.82) is 0 Å². The summed E-state index contributed by atoms with van der Waals surface area (Å²) in [5, 5.41) is 14.7. The Morgan fingerprint density at radius 2 is 1.91 bits per heavy atom. The van der Waals surface area contributed by atoms with Gasteiger partial charge >= 0.3 is 5.97 Å². The molecule has 122 valence electrons. The second-order valence-corrected chi connectivity index (χ2v) is 6.97. The van der Waals surface area contributed by atoms with Gasteiger partial charge in [-0.25, -0.2) is 4.79 Å². The number of nitrogens with one attached hydrogen (secondary N) is 1. The maximum absolute atomic E-state index is 12.3. The summed E-state index contributed by atoms with van der Waals surface area (Å²) in [6.45, 7) is 1.75. The van der Waals surface area contributed by atoms with Crippen molar-refractivity contribution in [1.82, 2.24) is 5.32 Å². The average molecular weight is 372 g/mol. The molecule has 0 spiro atoms. The summed E-state index contributed by atoms with van der Waals surface area (Å²) < 4.78 is 0. The van der Waals surface area contributed by atoms with Crippen molar-refractivity contribution in [2.24, 2.45) is 0 Å². The highest BCUT2D eigenvalue weighted by Crippen LogP contribution is 2.22. The molecule has 23 heavy (non-hydrogen) atoms. The summed E-state index contributed by atoms with van der Waals surface area (Å²) in [5.41, 5.74) is 0.652. The van der Waals surface area contributed by atoms with Gasteiger partial charge in [-0.3, -0.25) is 4.79 Å². The van der Waals surface area contributed by atoms with E-state index < -0.39 is 17.9 Å². The molecule has 0 aliphatic heterocycles. The highest BCUT2D eigenvalue weighted by molar-refractivity contribution is 7.10. The number of carbonyl (C=O) groups is 2. The van der Waals surface area contributed by atoms with Gasteiger partial charge in [0.1, 0.15) is 6.04 Å². The van der Waals surface area contributed by atoms with Crippen molar-refractivity contribution >= 4 is 46.4 Å². The van der Waals surface area contributed by atoms with Crippen LogP contribution in [0, 0.1) is 0 Å². The van der Waals surface area contributed by atoms with E-state index in [0.717, 1.165) is 4.88 Å². The number of carbonyl (C=O) groups excluding carboxylic acids is 1. The first-order valence-electron chi connectivity index (χ1n) is 6.88. The standard InChI is InChI=1S/C16H15Cl2NO3S/c1-9(14-3-2-4-23-14)15(20)19-13(16(21)22)7-10-5-11(17)8-12(18)6-10/h2-6,8-9,13H,7H2,1H3,(H,19,20)(H,21,22). The molecule has 2 aromatic rings. The van der Waals surface area contributed by atoms with Gasteiger partial charge in [0.05, 0.1) is 5.92 Å². The van der Waals surface area contributed by atoms with Crippen LogP contribution in [0.5, 0.6) is 0 Å². The summed E-state index contributed by atoms with van der Waals surface area (Å²) in [6, 6.07) is 7.50. The van der Waals surface area contributed by atoms with Gasteiger partial charge < -0.3 is 10.4 Å². The molecule has 4 nitrogen and oxygen atoms in total. The molecule has 0 bridgehead atoms. The van der Waals surface area contributed by atoms with Crippen LogP contribution in [-0.4, -0.2) is 23.0 Å². The second-order valence-electron chi connectivity index (χ2n) is 5.12. The summed E-state index contributed by atoms with van der Waals surface area (Å²) >= 11 is 13.3. The third-order valence-corrected chi connectivity index (χ3v) is 4.83. The summed E-state index contributed by atoms with van der Waals surface area (Å²) in [4.78, 5) is 24.6. The Morgan fingerprint density at radius 3 is 2.43 bits per heavy atom. The number of halogens is 2. The minimum Gasteiger partial charge on any atom is -0.480 e. The summed E-state index contributed by atoms with van der Waals surface area (Å²) in [5.74, 6) is -1.83. The first-order valence-corrected chi connectivity index (χ1v) is 8.52. The third kappa shape index (κ3) is 4.96. The van der Waals surface area contributed by atoms with E-state index in [0.29, 0.717) is 15.6 Å². The Balaban J connectivity index is 2.09. The number of hydrogen-bond acceptors (Lipinski definition) is 3. The van der Waals surface area contributed by atoms with E-state index >= 15 is 0 Å². The average Bonchev–Trinajstić information content (AvgIpc) is 2.98. The molecule has 0 aliphatic carbocycles. The number of carboxylic acid groups (broad SMARTS) is 1. The van der Waals surface area contributed by atoms with Crippen LogP contribution in [0.1, 0.15) is 23.3 Å². The highest BCUT2D eigenvalue weighted by Gasteiger charge is 2.24. The van der Waals surface area contributed by atoms with E-state index in [-0.39, 0.29) is 12.3 Å². The fraction of sp³-hybridized carbons (Fsp3) is 0.250. The molecule has 0 saturated heterocycles. The topological polar surface area (TPSA) is 66.4 Å². The van der Waals surface area contributed by atoms with E-state index in [2.05, 4.69) is 5.32 Å². The lowest BCUT2D eigenvalue weighted by Gasteiger charge is -2.17. The molecular formula is C16H15Cl2NO3S. The highest BCUT2D eigenvalue weighted by atomic mass is 35.5. The molecule has 0 fully saturated rings. The SMILES string of the molecule is CC(C(=O)NC(Cc1cc(Cl)cc(Cl)c1)C(=O)O)c1cccs1. The van der Waals surface area contributed by atoms with Gasteiger partial charge in [0.25, 0.3) is 0 Å². The van der Waals surface area contributed by atoms with E-state index in [9.17, 15) is 14.7 Å². The van der Waals surface area contributed by atoms with Crippen molar-refractivity contribution in [2.75, 3.05) is 0 Å². The normalized spacial score (nSPS) is 13.3. The zero-order valence-corrected chi connectivity index (χ0v) is 14.6. The zero-order valence-electron chi connectivity index (χ0n) is 12.3. The van der Waals surface area contributed by atoms with Crippen LogP contribution in [0.3, 0.4) is 0 Å². The van der Waals surface area contributed by atoms with Crippen molar-refractivity contribution in [2.45, 2.75) is 25.3 Å². The molecule has 1 heterocycles. The second kappa shape index (κ2) is 7.81. The number of benzene rings is 1. The molecule has 0 aliphatic rings. The Bertz CT molecular complexity index is 683. The van der Waals surface area contributed by atoms with E-state index in [4.69, 9.17) is 23.2 Å². The molecule has 2 unspecified atom stereocenters. The number of carboxylic acids is 1. The largest absolute Gasteiger partial charge is 0.480 e. The monoisotopic (exact) mass is 371 g/mol. The fourth-order valence-corrected chi connectivity index (χ4v) is 3.48. The van der Waals surface area contributed by atoms with Gasteiger partial charge in [-0.2, -0.15) is 0 Å². The summed E-state index contributed by atoms with van der Waals surface area (Å²) in [7, 11) is 0. The molecule has 1 amide bonds. The van der Waals surface area contributed by atoms with Crippen LogP contribution in [0.4, 0.5) is 0 Å². The van der Waals surface area contributed by atoms with Crippen molar-refractivity contribution < 1.29 is 14.7 Å². The van der Waals surface area contributed by atoms with Gasteiger partial charge in [-0.05, 0) is 42.1 Å². The predicted octanol–water partition coefficient (Wildman–Crippen LogP) is 3.97. The number of amides is 1. The molecule has 1 aromatic heterocycles. The van der Waals surface area contributed by atoms with E-state index in [1.165, 1.54) is 11.3 Å². The molecule has 0 radical (unpaired) electrons. The molecule has 2 N–H and O–H groups in total. The molecular weight excluding hydrogens is 357 g/mol. The van der Waals surface area contributed by atoms with E-state index in [1.807, 2.05) is 17.5 Å². The minimum atomic E-state index is -1.10. The smallest absolute Gasteiger partial charge is 0.326 e. The van der Waals surface area contributed by atoms with Crippen molar-refractivity contribution in [3.8, 4) is 0 Å². The van der Waals surface area contributed by atoms with Gasteiger partial charge in [-0.1, -0.05) is 29.3 Å². The molecule has 0 saturated carbocycles. The fourth-order valence-electron chi connectivity index (χ4n) is 2.13. The molecule has 2 rings (SSSR count). The number of hydrogen-bond donors (Lipinski definition) is 2. The Hall–Kier alpha value is -1.56. The molecule has 2 atom stereocenters. The lowest BCUT2D eigenvalue weighted by Crippen LogP contribution is -2.43. The van der Waals surface area contributed by atoms with E-state index in [1.54, 1.807) is 25.1 Å². The predicted molar refractivity (Wildman–Crippen MR) is 92.5 cm³/mol. The molecule has 1 aromatic carbocycles.